The molecule has 3 amide bonds. The second-order valence-electron chi connectivity index (χ2n) is 4.01. The van der Waals surface area contributed by atoms with Gasteiger partial charge in [-0.15, -0.1) is 0 Å². The number of pyridine rings is 1. The molecule has 0 aliphatic carbocycles. The number of nitrogens with one attached hydrogen (secondary N) is 3. The van der Waals surface area contributed by atoms with Gasteiger partial charge >= 0.3 is 12.0 Å². The Bertz CT molecular complexity index is 504. The summed E-state index contributed by atoms with van der Waals surface area (Å²) < 4.78 is 0. The molecule has 108 valence electrons. The maximum Gasteiger partial charge on any atom is 0.322 e. The highest BCUT2D eigenvalue weighted by Gasteiger charge is 2.06. The lowest BCUT2D eigenvalue weighted by molar-refractivity contribution is -0.137. The third-order valence-corrected chi connectivity index (χ3v) is 2.43. The fourth-order valence-electron chi connectivity index (χ4n) is 1.32. The number of aromatic nitrogens is 1. The maximum absolute atomic E-state index is 11.4. The van der Waals surface area contributed by atoms with Crippen molar-refractivity contribution in [3.63, 3.8) is 0 Å². The van der Waals surface area contributed by atoms with Crippen LogP contribution in [0.5, 0.6) is 0 Å². The van der Waals surface area contributed by atoms with Crippen molar-refractivity contribution < 1.29 is 19.5 Å². The zero-order valence-corrected chi connectivity index (χ0v) is 11.0. The summed E-state index contributed by atoms with van der Waals surface area (Å²) in [7, 11) is 0. The first-order valence-electron chi connectivity index (χ1n) is 5.88. The molecule has 0 aromatic carbocycles. The van der Waals surface area contributed by atoms with Crippen molar-refractivity contribution in [2.45, 2.75) is 13.5 Å². The molecule has 0 radical (unpaired) electrons. The fraction of sp³-hybridized carbons (Fsp3) is 0.333. The first kappa shape index (κ1) is 15.4. The van der Waals surface area contributed by atoms with E-state index in [-0.39, 0.29) is 6.54 Å². The molecule has 0 atom stereocenters. The first-order valence-corrected chi connectivity index (χ1v) is 5.88. The summed E-state index contributed by atoms with van der Waals surface area (Å²) >= 11 is 0. The number of aliphatic carboxylic acids is 1. The second kappa shape index (κ2) is 7.72. The van der Waals surface area contributed by atoms with Crippen LogP contribution in [0, 0.1) is 6.92 Å². The number of amides is 3. The summed E-state index contributed by atoms with van der Waals surface area (Å²) in [5, 5.41) is 15.4. The SMILES string of the molecule is Cc1ccncc1CNC(=O)NCC(=O)NCC(=O)O. The number of carboxylic acids is 1. The number of nitrogens with zero attached hydrogens (tertiary/aromatic N) is 1. The molecule has 0 fully saturated rings. The number of hydrogen-bond acceptors (Lipinski definition) is 4. The highest BCUT2D eigenvalue weighted by molar-refractivity contribution is 5.86. The van der Waals surface area contributed by atoms with Crippen LogP contribution >= 0.6 is 0 Å². The highest BCUT2D eigenvalue weighted by atomic mass is 16.4. The quantitative estimate of drug-likeness (QED) is 0.554. The van der Waals surface area contributed by atoms with Crippen LogP contribution < -0.4 is 16.0 Å². The van der Waals surface area contributed by atoms with Gasteiger partial charge in [-0.25, -0.2) is 4.79 Å². The largest absolute Gasteiger partial charge is 0.480 e. The molecule has 1 aromatic heterocycles. The molecule has 0 saturated heterocycles. The molecule has 1 rings (SSSR count). The molecular formula is C12H16N4O4. The van der Waals surface area contributed by atoms with Gasteiger partial charge in [0.15, 0.2) is 0 Å². The maximum atomic E-state index is 11.4. The van der Waals surface area contributed by atoms with Crippen molar-refractivity contribution in [2.24, 2.45) is 0 Å². The van der Waals surface area contributed by atoms with Crippen molar-refractivity contribution in [3.05, 3.63) is 29.6 Å². The Morgan fingerprint density at radius 1 is 1.20 bits per heavy atom. The van der Waals surface area contributed by atoms with Crippen molar-refractivity contribution in [1.29, 1.82) is 0 Å². The normalized spacial score (nSPS) is 9.65. The number of carbonyl (C=O) groups excluding carboxylic acids is 2. The lowest BCUT2D eigenvalue weighted by Crippen LogP contribution is -2.42. The van der Waals surface area contributed by atoms with Crippen LogP contribution in [-0.2, 0) is 16.1 Å². The minimum absolute atomic E-state index is 0.287. The van der Waals surface area contributed by atoms with Crippen molar-refractivity contribution in [2.75, 3.05) is 13.1 Å². The van der Waals surface area contributed by atoms with Crippen LogP contribution in [0.15, 0.2) is 18.5 Å². The minimum Gasteiger partial charge on any atom is -0.480 e. The molecule has 20 heavy (non-hydrogen) atoms. The fourth-order valence-corrected chi connectivity index (χ4v) is 1.32. The first-order chi connectivity index (χ1) is 9.49. The Labute approximate surface area is 115 Å². The van der Waals surface area contributed by atoms with Crippen LogP contribution in [-0.4, -0.2) is 41.1 Å². The molecule has 8 nitrogen and oxygen atoms in total. The molecule has 0 unspecified atom stereocenters. The Hall–Kier alpha value is -2.64. The summed E-state index contributed by atoms with van der Waals surface area (Å²) in [6.07, 6.45) is 3.31. The van der Waals surface area contributed by atoms with E-state index >= 15 is 0 Å². The van der Waals surface area contributed by atoms with Gasteiger partial charge in [0.2, 0.25) is 5.91 Å². The summed E-state index contributed by atoms with van der Waals surface area (Å²) in [5.41, 5.74) is 1.87. The number of urea groups is 1. The van der Waals surface area contributed by atoms with E-state index in [1.165, 1.54) is 0 Å². The number of aryl methyl sites for hydroxylation is 1. The van der Waals surface area contributed by atoms with Gasteiger partial charge < -0.3 is 21.1 Å². The smallest absolute Gasteiger partial charge is 0.322 e. The van der Waals surface area contributed by atoms with Gasteiger partial charge in [0, 0.05) is 18.9 Å². The van der Waals surface area contributed by atoms with E-state index in [0.29, 0.717) is 6.54 Å². The van der Waals surface area contributed by atoms with Crippen LogP contribution in [0.4, 0.5) is 4.79 Å². The Balaban J connectivity index is 2.25. The van der Waals surface area contributed by atoms with Crippen LogP contribution in [0.2, 0.25) is 0 Å². The average Bonchev–Trinajstić information content (AvgIpc) is 2.42. The van der Waals surface area contributed by atoms with E-state index in [4.69, 9.17) is 5.11 Å². The van der Waals surface area contributed by atoms with E-state index in [0.717, 1.165) is 11.1 Å². The van der Waals surface area contributed by atoms with Gasteiger partial charge in [-0.05, 0) is 24.1 Å². The van der Waals surface area contributed by atoms with Gasteiger partial charge in [0.05, 0.1) is 6.54 Å². The minimum atomic E-state index is -1.14. The summed E-state index contributed by atoms with van der Waals surface area (Å²) in [6.45, 7) is 1.43. The van der Waals surface area contributed by atoms with Gasteiger partial charge in [-0.1, -0.05) is 0 Å². The number of hydrogen-bond donors (Lipinski definition) is 4. The monoisotopic (exact) mass is 280 g/mol. The highest BCUT2D eigenvalue weighted by Crippen LogP contribution is 2.03. The number of rotatable bonds is 6. The van der Waals surface area contributed by atoms with Crippen molar-refractivity contribution in [1.82, 2.24) is 20.9 Å². The Morgan fingerprint density at radius 3 is 2.60 bits per heavy atom. The third-order valence-electron chi connectivity index (χ3n) is 2.43. The van der Waals surface area contributed by atoms with E-state index in [1.54, 1.807) is 12.4 Å². The zero-order chi connectivity index (χ0) is 15.0. The van der Waals surface area contributed by atoms with E-state index in [1.807, 2.05) is 13.0 Å². The van der Waals surface area contributed by atoms with E-state index in [9.17, 15) is 14.4 Å². The average molecular weight is 280 g/mol. The molecule has 0 bridgehead atoms. The summed E-state index contributed by atoms with van der Waals surface area (Å²) in [6, 6.07) is 1.31. The third kappa shape index (κ3) is 5.80. The molecule has 4 N–H and O–H groups in total. The van der Waals surface area contributed by atoms with Gasteiger partial charge in [0.25, 0.3) is 0 Å². The van der Waals surface area contributed by atoms with Crippen LogP contribution in [0.3, 0.4) is 0 Å². The van der Waals surface area contributed by atoms with E-state index < -0.39 is 24.5 Å². The van der Waals surface area contributed by atoms with Gasteiger partial charge in [-0.3, -0.25) is 14.6 Å². The van der Waals surface area contributed by atoms with Crippen LogP contribution in [0.25, 0.3) is 0 Å². The lowest BCUT2D eigenvalue weighted by atomic mass is 10.2. The predicted molar refractivity (Wildman–Crippen MR) is 69.9 cm³/mol. The summed E-state index contributed by atoms with van der Waals surface area (Å²) in [5.74, 6) is -1.71. The Morgan fingerprint density at radius 2 is 1.95 bits per heavy atom. The molecular weight excluding hydrogens is 264 g/mol. The van der Waals surface area contributed by atoms with Crippen molar-refractivity contribution >= 4 is 17.9 Å². The Kier molecular flexibility index (Phi) is 5.95. The number of carbonyl (C=O) groups is 3. The van der Waals surface area contributed by atoms with E-state index in [2.05, 4.69) is 20.9 Å². The summed E-state index contributed by atoms with van der Waals surface area (Å²) in [4.78, 5) is 36.7. The van der Waals surface area contributed by atoms with Crippen molar-refractivity contribution in [3.8, 4) is 0 Å². The molecule has 0 aliphatic rings. The predicted octanol–water partition coefficient (Wildman–Crippen LogP) is -0.610. The molecule has 1 heterocycles. The van der Waals surface area contributed by atoms with Crippen LogP contribution in [0.1, 0.15) is 11.1 Å². The molecule has 0 saturated carbocycles. The zero-order valence-electron chi connectivity index (χ0n) is 11.0. The molecule has 0 spiro atoms. The molecule has 8 heteroatoms. The molecule has 1 aromatic rings. The molecule has 0 aliphatic heterocycles. The standard InChI is InChI=1S/C12H16N4O4/c1-8-2-3-13-4-9(8)5-15-12(20)16-6-10(17)14-7-11(18)19/h2-4H,5-7H2,1H3,(H,14,17)(H,18,19)(H2,15,16,20). The van der Waals surface area contributed by atoms with Gasteiger partial charge in [-0.2, -0.15) is 0 Å². The topological polar surface area (TPSA) is 120 Å². The van der Waals surface area contributed by atoms with Gasteiger partial charge in [0.1, 0.15) is 6.54 Å². The number of carboxylic acid groups (broad SMARTS) is 1. The lowest BCUT2D eigenvalue weighted by Gasteiger charge is -2.08. The second-order valence-corrected chi connectivity index (χ2v) is 4.01.